The van der Waals surface area contributed by atoms with E-state index in [4.69, 9.17) is 14.8 Å². The third-order valence-corrected chi connectivity index (χ3v) is 5.47. The molecule has 0 radical (unpaired) electrons. The molecule has 1 amide bonds. The Kier molecular flexibility index (Phi) is 7.03. The standard InChI is InChI=1S/C27H25N3O5/c1-30(2)15-17-8-11-20(12-9-17)28-25(18-6-4-3-5-7-18)24-21-13-10-19(14-22(21)29-26(24)33)27(34)35-16-23(31)32/h3-14,24H,15-16H2,1-2H3,(H,29,33)(H,31,32). The van der Waals surface area contributed by atoms with Gasteiger partial charge in [-0.3, -0.25) is 9.79 Å². The van der Waals surface area contributed by atoms with Gasteiger partial charge in [0.1, 0.15) is 5.92 Å². The van der Waals surface area contributed by atoms with Crippen molar-refractivity contribution in [2.75, 3.05) is 26.0 Å². The number of fused-ring (bicyclic) bond motifs is 1. The summed E-state index contributed by atoms with van der Waals surface area (Å²) in [6.07, 6.45) is 0. The van der Waals surface area contributed by atoms with E-state index < -0.39 is 24.5 Å². The third kappa shape index (κ3) is 5.62. The van der Waals surface area contributed by atoms with E-state index >= 15 is 0 Å². The molecule has 0 bridgehead atoms. The maximum absolute atomic E-state index is 13.1. The molecule has 0 saturated heterocycles. The predicted octanol–water partition coefficient (Wildman–Crippen LogP) is 3.85. The topological polar surface area (TPSA) is 108 Å². The highest BCUT2D eigenvalue weighted by atomic mass is 16.5. The van der Waals surface area contributed by atoms with Crippen LogP contribution in [0.15, 0.2) is 77.8 Å². The number of carbonyl (C=O) groups excluding carboxylic acids is 2. The Hall–Kier alpha value is -4.30. The highest BCUT2D eigenvalue weighted by molar-refractivity contribution is 6.24. The SMILES string of the molecule is CN(C)Cc1ccc(N=C(c2ccccc2)C2C(=O)Nc3cc(C(=O)OCC(=O)O)ccc32)cc1. The van der Waals surface area contributed by atoms with E-state index in [0.717, 1.165) is 23.4 Å². The molecule has 3 aromatic carbocycles. The van der Waals surface area contributed by atoms with Crippen molar-refractivity contribution >= 4 is 34.9 Å². The molecule has 0 aromatic heterocycles. The van der Waals surface area contributed by atoms with Crippen molar-refractivity contribution in [2.24, 2.45) is 4.99 Å². The minimum absolute atomic E-state index is 0.153. The summed E-state index contributed by atoms with van der Waals surface area (Å²) in [7, 11) is 4.01. The van der Waals surface area contributed by atoms with E-state index in [0.29, 0.717) is 17.0 Å². The van der Waals surface area contributed by atoms with Crippen molar-refractivity contribution in [3.63, 3.8) is 0 Å². The number of hydrogen-bond acceptors (Lipinski definition) is 6. The molecule has 8 nitrogen and oxygen atoms in total. The average molecular weight is 472 g/mol. The maximum atomic E-state index is 13.1. The lowest BCUT2D eigenvalue weighted by Gasteiger charge is -2.14. The predicted molar refractivity (Wildman–Crippen MR) is 132 cm³/mol. The van der Waals surface area contributed by atoms with Crippen molar-refractivity contribution in [1.82, 2.24) is 4.90 Å². The van der Waals surface area contributed by atoms with E-state index in [1.165, 1.54) is 12.1 Å². The van der Waals surface area contributed by atoms with Gasteiger partial charge in [-0.05, 0) is 55.1 Å². The van der Waals surface area contributed by atoms with Crippen LogP contribution in [0.2, 0.25) is 0 Å². The summed E-state index contributed by atoms with van der Waals surface area (Å²) < 4.78 is 4.75. The lowest BCUT2D eigenvalue weighted by molar-refractivity contribution is -0.140. The molecule has 0 fully saturated rings. The largest absolute Gasteiger partial charge is 0.479 e. The Morgan fingerprint density at radius 1 is 1.00 bits per heavy atom. The molecule has 0 spiro atoms. The van der Waals surface area contributed by atoms with E-state index in [2.05, 4.69) is 10.2 Å². The molecule has 0 aliphatic carbocycles. The first kappa shape index (κ1) is 23.8. The fourth-order valence-corrected chi connectivity index (χ4v) is 3.96. The molecule has 0 saturated carbocycles. The number of ether oxygens (including phenoxy) is 1. The fourth-order valence-electron chi connectivity index (χ4n) is 3.96. The van der Waals surface area contributed by atoms with Gasteiger partial charge in [0.15, 0.2) is 6.61 Å². The molecule has 1 unspecified atom stereocenters. The first-order chi connectivity index (χ1) is 16.8. The number of rotatable bonds is 8. The first-order valence-corrected chi connectivity index (χ1v) is 11.0. The Labute approximate surface area is 202 Å². The van der Waals surface area contributed by atoms with Crippen LogP contribution in [0.4, 0.5) is 11.4 Å². The summed E-state index contributed by atoms with van der Waals surface area (Å²) in [6.45, 7) is 0.0776. The Morgan fingerprint density at radius 2 is 1.71 bits per heavy atom. The number of carboxylic acids is 1. The highest BCUT2D eigenvalue weighted by Crippen LogP contribution is 2.37. The Morgan fingerprint density at radius 3 is 2.37 bits per heavy atom. The number of hydrogen-bond donors (Lipinski definition) is 2. The maximum Gasteiger partial charge on any atom is 0.341 e. The second-order valence-electron chi connectivity index (χ2n) is 8.46. The smallest absolute Gasteiger partial charge is 0.341 e. The molecule has 1 heterocycles. The van der Waals surface area contributed by atoms with Gasteiger partial charge in [-0.2, -0.15) is 0 Å². The summed E-state index contributed by atoms with van der Waals surface area (Å²) in [4.78, 5) is 42.9. The number of benzene rings is 3. The second-order valence-corrected chi connectivity index (χ2v) is 8.46. The minimum Gasteiger partial charge on any atom is -0.479 e. The van der Waals surface area contributed by atoms with E-state index in [1.54, 1.807) is 6.07 Å². The molecule has 1 atom stereocenters. The fraction of sp³-hybridized carbons (Fsp3) is 0.185. The van der Waals surface area contributed by atoms with Gasteiger partial charge in [0.25, 0.3) is 0 Å². The van der Waals surface area contributed by atoms with Crippen molar-refractivity contribution in [3.8, 4) is 0 Å². The van der Waals surface area contributed by atoms with Crippen LogP contribution >= 0.6 is 0 Å². The zero-order valence-corrected chi connectivity index (χ0v) is 19.4. The molecule has 178 valence electrons. The second kappa shape index (κ2) is 10.3. The molecular weight excluding hydrogens is 446 g/mol. The molecule has 1 aliphatic rings. The van der Waals surface area contributed by atoms with Gasteiger partial charge in [0.05, 0.1) is 17.0 Å². The van der Waals surface area contributed by atoms with Gasteiger partial charge in [-0.25, -0.2) is 9.59 Å². The van der Waals surface area contributed by atoms with Gasteiger partial charge in [-0.1, -0.05) is 48.5 Å². The number of carbonyl (C=O) groups is 3. The van der Waals surface area contributed by atoms with Crippen LogP contribution in [0, 0.1) is 0 Å². The highest BCUT2D eigenvalue weighted by Gasteiger charge is 2.36. The summed E-state index contributed by atoms with van der Waals surface area (Å²) in [5.74, 6) is -2.96. The monoisotopic (exact) mass is 471 g/mol. The zero-order valence-electron chi connectivity index (χ0n) is 19.4. The molecule has 35 heavy (non-hydrogen) atoms. The van der Waals surface area contributed by atoms with Gasteiger partial charge in [-0.15, -0.1) is 0 Å². The molecule has 4 rings (SSSR count). The molecule has 2 N–H and O–H groups in total. The molecule has 8 heteroatoms. The van der Waals surface area contributed by atoms with Crippen molar-refractivity contribution < 1.29 is 24.2 Å². The van der Waals surface area contributed by atoms with E-state index in [-0.39, 0.29) is 11.5 Å². The van der Waals surface area contributed by atoms with Crippen LogP contribution in [-0.4, -0.2) is 54.3 Å². The summed E-state index contributed by atoms with van der Waals surface area (Å²) in [5.41, 5.74) is 4.57. The van der Waals surface area contributed by atoms with Crippen LogP contribution in [-0.2, 0) is 20.9 Å². The lowest BCUT2D eigenvalue weighted by Crippen LogP contribution is -2.21. The van der Waals surface area contributed by atoms with Crippen molar-refractivity contribution in [2.45, 2.75) is 12.5 Å². The molecule has 1 aliphatic heterocycles. The molecular formula is C27H25N3O5. The number of aliphatic imine (C=N–C) groups is 1. The third-order valence-electron chi connectivity index (χ3n) is 5.47. The minimum atomic E-state index is -1.24. The number of nitrogens with one attached hydrogen (secondary N) is 1. The van der Waals surface area contributed by atoms with Crippen molar-refractivity contribution in [3.05, 3.63) is 95.1 Å². The van der Waals surface area contributed by atoms with Crippen LogP contribution in [0.1, 0.15) is 33.0 Å². The first-order valence-electron chi connectivity index (χ1n) is 11.0. The number of esters is 1. The average Bonchev–Trinajstić information content (AvgIpc) is 3.17. The number of aliphatic carboxylic acids is 1. The summed E-state index contributed by atoms with van der Waals surface area (Å²) >= 11 is 0. The number of carboxylic acid groups (broad SMARTS) is 1. The summed E-state index contributed by atoms with van der Waals surface area (Å²) in [5, 5.41) is 11.6. The lowest BCUT2D eigenvalue weighted by atomic mass is 9.90. The summed E-state index contributed by atoms with van der Waals surface area (Å²) in [6, 6.07) is 22.1. The van der Waals surface area contributed by atoms with Gasteiger partial charge < -0.3 is 20.1 Å². The van der Waals surface area contributed by atoms with Crippen LogP contribution in [0.25, 0.3) is 0 Å². The Bertz CT molecular complexity index is 1280. The normalized spacial score (nSPS) is 15.0. The van der Waals surface area contributed by atoms with Gasteiger partial charge >= 0.3 is 11.9 Å². The number of anilines is 1. The van der Waals surface area contributed by atoms with E-state index in [1.807, 2.05) is 68.7 Å². The van der Waals surface area contributed by atoms with Gasteiger partial charge in [0, 0.05) is 12.2 Å². The van der Waals surface area contributed by atoms with Crippen molar-refractivity contribution in [1.29, 1.82) is 0 Å². The quantitative estimate of drug-likeness (QED) is 0.382. The van der Waals surface area contributed by atoms with Crippen LogP contribution in [0.5, 0.6) is 0 Å². The van der Waals surface area contributed by atoms with Gasteiger partial charge in [0.2, 0.25) is 5.91 Å². The number of nitrogens with zero attached hydrogens (tertiary/aromatic N) is 2. The Balaban J connectivity index is 1.70. The van der Waals surface area contributed by atoms with Crippen LogP contribution in [0.3, 0.4) is 0 Å². The zero-order chi connectivity index (χ0) is 24.9. The van der Waals surface area contributed by atoms with Crippen LogP contribution < -0.4 is 5.32 Å². The molecule has 3 aromatic rings. The number of amides is 1. The van der Waals surface area contributed by atoms with E-state index in [9.17, 15) is 14.4 Å².